The van der Waals surface area contributed by atoms with Gasteiger partial charge in [-0.1, -0.05) is 29.8 Å². The third-order valence-electron chi connectivity index (χ3n) is 8.77. The number of carbonyl (C=O) groups is 2. The van der Waals surface area contributed by atoms with Crippen LogP contribution in [0.5, 0.6) is 5.75 Å². The van der Waals surface area contributed by atoms with Gasteiger partial charge in [0, 0.05) is 32.1 Å². The van der Waals surface area contributed by atoms with Gasteiger partial charge in [-0.3, -0.25) is 14.3 Å². The Balaban J connectivity index is 1.64. The van der Waals surface area contributed by atoms with E-state index < -0.39 is 27.3 Å². The van der Waals surface area contributed by atoms with Crippen LogP contribution in [0.2, 0.25) is 5.02 Å². The third-order valence-corrected chi connectivity index (χ3v) is 10.9. The molecule has 4 atom stereocenters. The molecule has 1 fully saturated rings. The molecular formula is C33H42ClN3O6S. The molecule has 9 nitrogen and oxygen atoms in total. The summed E-state index contributed by atoms with van der Waals surface area (Å²) in [7, 11) is -1.97. The van der Waals surface area contributed by atoms with E-state index in [2.05, 4.69) is 14.0 Å². The zero-order valence-electron chi connectivity index (χ0n) is 25.8. The lowest BCUT2D eigenvalue weighted by Gasteiger charge is -2.43. The maximum atomic E-state index is 14.4. The van der Waals surface area contributed by atoms with E-state index in [9.17, 15) is 13.8 Å². The number of nitrogens with zero attached hydrogens (tertiary/aromatic N) is 2. The lowest BCUT2D eigenvalue weighted by molar-refractivity contribution is -0.137. The number of amides is 2. The standard InChI is InChI=1S/C33H42ClN3O6S/c1-22(38)35-44(40)27-13-15-31-29(19-27)37(16-6-5-8-23-18-26(34)12-10-25(23)21-42-31)20-24-11-14-28(24)30(41-4)9-7-17-43-33(2,3)32(39)36-44/h7,9-10,12-13,15,18-19,24,28,30H,5-6,8,11,14,16-17,20-21H2,1-4H3,(H,35,36,38,39,40)/b9-7+/t24-,28+,30+,44+/m0/s1. The van der Waals surface area contributed by atoms with Crippen LogP contribution in [0.1, 0.15) is 57.6 Å². The predicted molar refractivity (Wildman–Crippen MR) is 171 cm³/mol. The van der Waals surface area contributed by atoms with E-state index in [1.165, 1.54) is 12.5 Å². The highest BCUT2D eigenvalue weighted by Crippen LogP contribution is 2.42. The van der Waals surface area contributed by atoms with Crippen molar-refractivity contribution in [3.05, 3.63) is 64.7 Å². The van der Waals surface area contributed by atoms with Crippen molar-refractivity contribution in [3.63, 3.8) is 0 Å². The fourth-order valence-corrected chi connectivity index (χ4v) is 7.92. The van der Waals surface area contributed by atoms with E-state index in [0.29, 0.717) is 29.2 Å². The molecule has 44 heavy (non-hydrogen) atoms. The minimum atomic E-state index is -3.70. The monoisotopic (exact) mass is 643 g/mol. The number of hydrogen-bond donors (Lipinski definition) is 1. The second kappa shape index (κ2) is 13.6. The molecule has 2 aliphatic heterocycles. The van der Waals surface area contributed by atoms with Crippen molar-refractivity contribution in [2.75, 3.05) is 31.7 Å². The zero-order chi connectivity index (χ0) is 31.5. The molecule has 2 bridgehead atoms. The number of anilines is 1. The summed E-state index contributed by atoms with van der Waals surface area (Å²) in [5, 5.41) is 0.701. The maximum Gasteiger partial charge on any atom is 0.287 e. The van der Waals surface area contributed by atoms with Crippen molar-refractivity contribution in [1.29, 1.82) is 0 Å². The van der Waals surface area contributed by atoms with Gasteiger partial charge in [-0.25, -0.2) is 4.21 Å². The highest BCUT2D eigenvalue weighted by atomic mass is 35.5. The number of rotatable bonds is 2. The first-order chi connectivity index (χ1) is 21.0. The molecule has 0 radical (unpaired) electrons. The Morgan fingerprint density at radius 1 is 1.16 bits per heavy atom. The Labute approximate surface area is 265 Å². The largest absolute Gasteiger partial charge is 0.487 e. The minimum Gasteiger partial charge on any atom is -0.487 e. The summed E-state index contributed by atoms with van der Waals surface area (Å²) in [4.78, 5) is 28.2. The molecule has 0 saturated heterocycles. The van der Waals surface area contributed by atoms with E-state index in [1.54, 1.807) is 39.2 Å². The lowest BCUT2D eigenvalue weighted by Crippen LogP contribution is -2.44. The molecule has 0 spiro atoms. The molecule has 3 aliphatic rings. The Morgan fingerprint density at radius 3 is 2.70 bits per heavy atom. The van der Waals surface area contributed by atoms with Gasteiger partial charge in [-0.15, -0.1) is 4.36 Å². The average Bonchev–Trinajstić information content (AvgIpc) is 2.98. The van der Waals surface area contributed by atoms with E-state index in [1.807, 2.05) is 30.4 Å². The summed E-state index contributed by atoms with van der Waals surface area (Å²) in [5.74, 6) is -0.00583. The first-order valence-electron chi connectivity index (χ1n) is 15.2. The number of benzene rings is 2. The van der Waals surface area contributed by atoms with Crippen molar-refractivity contribution in [3.8, 4) is 5.75 Å². The van der Waals surface area contributed by atoms with Crippen LogP contribution in [0.25, 0.3) is 0 Å². The van der Waals surface area contributed by atoms with Crippen LogP contribution in [-0.2, 0) is 42.0 Å². The molecule has 2 heterocycles. The minimum absolute atomic E-state index is 0.0857. The number of halogens is 1. The topological polar surface area (TPSA) is 107 Å². The van der Waals surface area contributed by atoms with Gasteiger partial charge in [0.15, 0.2) is 9.92 Å². The van der Waals surface area contributed by atoms with Crippen molar-refractivity contribution in [1.82, 2.24) is 4.72 Å². The highest BCUT2D eigenvalue weighted by molar-refractivity contribution is 7.92. The number of hydrogen-bond acceptors (Lipinski definition) is 7. The molecule has 1 saturated carbocycles. The summed E-state index contributed by atoms with van der Waals surface area (Å²) in [5.41, 5.74) is 1.59. The SMILES string of the molecule is CO[C@@H]1/C=C/COC(C)(C)C(=O)N=[S@](=O)(NC(C)=O)c2ccc3c(c2)N(CCCCc2cc(Cl)ccc2CO3)C[C@@H]2CC[C@H]21. The average molecular weight is 644 g/mol. The van der Waals surface area contributed by atoms with Crippen molar-refractivity contribution in [2.24, 2.45) is 16.2 Å². The fourth-order valence-electron chi connectivity index (χ4n) is 6.09. The third kappa shape index (κ3) is 7.30. The molecule has 1 aliphatic carbocycles. The molecule has 1 N–H and O–H groups in total. The van der Waals surface area contributed by atoms with E-state index in [-0.39, 0.29) is 17.6 Å². The second-order valence-electron chi connectivity index (χ2n) is 12.3. The van der Waals surface area contributed by atoms with Crippen LogP contribution in [0.3, 0.4) is 0 Å². The number of fused-ring (bicyclic) bond motifs is 3. The van der Waals surface area contributed by atoms with Gasteiger partial charge < -0.3 is 19.1 Å². The normalized spacial score (nSPS) is 28.1. The Hall–Kier alpha value is -2.92. The summed E-state index contributed by atoms with van der Waals surface area (Å²) in [6.07, 6.45) is 8.64. The molecule has 2 amide bonds. The predicted octanol–water partition coefficient (Wildman–Crippen LogP) is 5.87. The quantitative estimate of drug-likeness (QED) is 0.408. The first-order valence-corrected chi connectivity index (χ1v) is 17.1. The zero-order valence-corrected chi connectivity index (χ0v) is 27.4. The van der Waals surface area contributed by atoms with Gasteiger partial charge in [-0.05, 0) is 99.2 Å². The van der Waals surface area contributed by atoms with Crippen molar-refractivity contribution in [2.45, 2.75) is 76.1 Å². The van der Waals surface area contributed by atoms with E-state index >= 15 is 0 Å². The smallest absolute Gasteiger partial charge is 0.287 e. The molecule has 11 heteroatoms. The number of nitrogens with one attached hydrogen (secondary N) is 1. The van der Waals surface area contributed by atoms with Crippen LogP contribution in [0, 0.1) is 11.8 Å². The van der Waals surface area contributed by atoms with Crippen LogP contribution in [-0.4, -0.2) is 54.5 Å². The number of aryl methyl sites for hydroxylation is 1. The van der Waals surface area contributed by atoms with E-state index in [0.717, 1.165) is 56.4 Å². The summed E-state index contributed by atoms with van der Waals surface area (Å²) in [6.45, 7) is 6.40. The number of ether oxygens (including phenoxy) is 3. The van der Waals surface area contributed by atoms with Gasteiger partial charge in [0.25, 0.3) is 5.91 Å². The van der Waals surface area contributed by atoms with Crippen LogP contribution in [0.15, 0.2) is 57.8 Å². The van der Waals surface area contributed by atoms with Gasteiger partial charge in [-0.2, -0.15) is 0 Å². The molecule has 0 aromatic heterocycles. The second-order valence-corrected chi connectivity index (χ2v) is 14.6. The Morgan fingerprint density at radius 2 is 1.98 bits per heavy atom. The van der Waals surface area contributed by atoms with Gasteiger partial charge in [0.2, 0.25) is 5.91 Å². The van der Waals surface area contributed by atoms with Crippen LogP contribution in [0.4, 0.5) is 5.69 Å². The highest BCUT2D eigenvalue weighted by Gasteiger charge is 2.38. The van der Waals surface area contributed by atoms with Crippen molar-refractivity contribution < 1.29 is 28.0 Å². The molecular weight excluding hydrogens is 602 g/mol. The van der Waals surface area contributed by atoms with Crippen LogP contribution >= 0.6 is 11.6 Å². The summed E-state index contributed by atoms with van der Waals surface area (Å²) in [6, 6.07) is 11.0. The number of carbonyl (C=O) groups excluding carboxylic acids is 2. The molecule has 5 rings (SSSR count). The molecule has 2 aromatic rings. The van der Waals surface area contributed by atoms with Gasteiger partial charge in [0.05, 0.1) is 23.3 Å². The molecule has 0 unspecified atom stereocenters. The van der Waals surface area contributed by atoms with Crippen LogP contribution < -0.4 is 14.4 Å². The summed E-state index contributed by atoms with van der Waals surface area (Å²) < 4.78 is 39.2. The van der Waals surface area contributed by atoms with Gasteiger partial charge in [0.1, 0.15) is 18.0 Å². The van der Waals surface area contributed by atoms with Crippen molar-refractivity contribution >= 4 is 39.0 Å². The maximum absolute atomic E-state index is 14.4. The first kappa shape index (κ1) is 32.5. The molecule has 2 aromatic carbocycles. The lowest BCUT2D eigenvalue weighted by atomic mass is 9.70. The number of methoxy groups -OCH3 is 1. The van der Waals surface area contributed by atoms with Gasteiger partial charge >= 0.3 is 0 Å². The summed E-state index contributed by atoms with van der Waals surface area (Å²) >= 11 is 6.34. The molecule has 238 valence electrons. The Kier molecular flexibility index (Phi) is 10.0. The Bertz CT molecular complexity index is 1550. The van der Waals surface area contributed by atoms with E-state index in [4.69, 9.17) is 25.8 Å². The fraction of sp³-hybridized carbons (Fsp3) is 0.515.